The predicted molar refractivity (Wildman–Crippen MR) is 73.4 cm³/mol. The summed E-state index contributed by atoms with van der Waals surface area (Å²) in [4.78, 5) is 24.7. The molecular formula is C14H15NO3S. The van der Waals surface area contributed by atoms with Gasteiger partial charge in [0.15, 0.2) is 5.78 Å². The van der Waals surface area contributed by atoms with Gasteiger partial charge in [0.05, 0.1) is 25.0 Å². The van der Waals surface area contributed by atoms with Gasteiger partial charge >= 0.3 is 5.97 Å². The van der Waals surface area contributed by atoms with Crippen molar-refractivity contribution < 1.29 is 14.3 Å². The minimum atomic E-state index is -0.350. The van der Waals surface area contributed by atoms with Crippen LogP contribution in [-0.2, 0) is 16.1 Å². The van der Waals surface area contributed by atoms with Gasteiger partial charge in [-0.05, 0) is 24.3 Å². The first kappa shape index (κ1) is 13.5. The van der Waals surface area contributed by atoms with Gasteiger partial charge in [-0.3, -0.25) is 9.59 Å². The normalized spacial score (nSPS) is 10.4. The van der Waals surface area contributed by atoms with E-state index in [0.717, 1.165) is 11.4 Å². The molecule has 0 aliphatic rings. The summed E-state index contributed by atoms with van der Waals surface area (Å²) in [6.45, 7) is 0.766. The Balaban J connectivity index is 1.93. The molecule has 100 valence electrons. The molecule has 0 atom stereocenters. The lowest BCUT2D eigenvalue weighted by atomic mass is 10.2. The van der Waals surface area contributed by atoms with Gasteiger partial charge < -0.3 is 9.30 Å². The smallest absolute Gasteiger partial charge is 0.305 e. The second-order valence-electron chi connectivity index (χ2n) is 4.12. The number of nitrogens with zero attached hydrogens (tertiary/aromatic N) is 1. The summed E-state index contributed by atoms with van der Waals surface area (Å²) >= 11 is 1.48. The number of aromatic nitrogens is 1. The highest BCUT2D eigenvalue weighted by molar-refractivity contribution is 7.14. The van der Waals surface area contributed by atoms with E-state index in [0.29, 0.717) is 4.88 Å². The van der Waals surface area contributed by atoms with Crippen molar-refractivity contribution in [3.05, 3.63) is 46.4 Å². The maximum atomic E-state index is 11.9. The number of ketones is 1. The van der Waals surface area contributed by atoms with Crippen LogP contribution in [0.15, 0.2) is 36.7 Å². The SMILES string of the molecule is COC(=O)CCC(=O)c1ccc(Cn2cccc2)s1. The van der Waals surface area contributed by atoms with Crippen LogP contribution in [0.5, 0.6) is 0 Å². The lowest BCUT2D eigenvalue weighted by molar-refractivity contribution is -0.140. The van der Waals surface area contributed by atoms with Crippen molar-refractivity contribution in [2.75, 3.05) is 7.11 Å². The number of hydrogen-bond donors (Lipinski definition) is 0. The van der Waals surface area contributed by atoms with Gasteiger partial charge in [-0.2, -0.15) is 0 Å². The second kappa shape index (κ2) is 6.33. The molecule has 2 rings (SSSR count). The Kier molecular flexibility index (Phi) is 4.52. The Hall–Kier alpha value is -1.88. The number of hydrogen-bond acceptors (Lipinski definition) is 4. The Morgan fingerprint density at radius 2 is 1.95 bits per heavy atom. The number of carbonyl (C=O) groups is 2. The summed E-state index contributed by atoms with van der Waals surface area (Å²) in [5.74, 6) is -0.355. The fraction of sp³-hybridized carbons (Fsp3) is 0.286. The first-order chi connectivity index (χ1) is 9.19. The van der Waals surface area contributed by atoms with E-state index in [-0.39, 0.29) is 24.6 Å². The zero-order valence-electron chi connectivity index (χ0n) is 10.7. The predicted octanol–water partition coefficient (Wildman–Crippen LogP) is 2.73. The standard InChI is InChI=1S/C14H15NO3S/c1-18-14(17)7-5-12(16)13-6-4-11(19-13)10-15-8-2-3-9-15/h2-4,6,8-9H,5,7,10H2,1H3. The maximum absolute atomic E-state index is 11.9. The van der Waals surface area contributed by atoms with E-state index in [9.17, 15) is 9.59 Å². The van der Waals surface area contributed by atoms with Crippen molar-refractivity contribution in [2.24, 2.45) is 0 Å². The molecule has 4 nitrogen and oxygen atoms in total. The molecule has 0 radical (unpaired) electrons. The average molecular weight is 277 g/mol. The lowest BCUT2D eigenvalue weighted by Crippen LogP contribution is -2.04. The van der Waals surface area contributed by atoms with Crippen LogP contribution in [0.4, 0.5) is 0 Å². The van der Waals surface area contributed by atoms with E-state index in [1.54, 1.807) is 0 Å². The van der Waals surface area contributed by atoms with E-state index >= 15 is 0 Å². The van der Waals surface area contributed by atoms with Crippen molar-refractivity contribution >= 4 is 23.1 Å². The first-order valence-electron chi connectivity index (χ1n) is 5.98. The molecule has 2 aromatic heterocycles. The molecule has 19 heavy (non-hydrogen) atoms. The Morgan fingerprint density at radius 3 is 2.63 bits per heavy atom. The highest BCUT2D eigenvalue weighted by Crippen LogP contribution is 2.20. The summed E-state index contributed by atoms with van der Waals surface area (Å²) in [7, 11) is 1.33. The van der Waals surface area contributed by atoms with Crippen LogP contribution in [0.1, 0.15) is 27.4 Å². The third-order valence-electron chi connectivity index (χ3n) is 2.72. The van der Waals surface area contributed by atoms with Gasteiger partial charge in [-0.1, -0.05) is 0 Å². The fourth-order valence-corrected chi connectivity index (χ4v) is 2.69. The number of carbonyl (C=O) groups excluding carboxylic acids is 2. The summed E-state index contributed by atoms with van der Waals surface area (Å²) in [6, 6.07) is 7.71. The average Bonchev–Trinajstić information content (AvgIpc) is 3.07. The number of esters is 1. The fourth-order valence-electron chi connectivity index (χ4n) is 1.71. The van der Waals surface area contributed by atoms with Crippen LogP contribution in [0.25, 0.3) is 0 Å². The molecule has 0 spiro atoms. The molecule has 0 fully saturated rings. The van der Waals surface area contributed by atoms with Gasteiger partial charge in [0.2, 0.25) is 0 Å². The van der Waals surface area contributed by atoms with Gasteiger partial charge in [-0.15, -0.1) is 11.3 Å². The van der Waals surface area contributed by atoms with Crippen molar-refractivity contribution in [1.82, 2.24) is 4.57 Å². The second-order valence-corrected chi connectivity index (χ2v) is 5.29. The molecule has 0 unspecified atom stereocenters. The molecule has 2 aromatic rings. The minimum Gasteiger partial charge on any atom is -0.469 e. The third kappa shape index (κ3) is 3.79. The summed E-state index contributed by atoms with van der Waals surface area (Å²) < 4.78 is 6.57. The maximum Gasteiger partial charge on any atom is 0.305 e. The van der Waals surface area contributed by atoms with E-state index in [1.807, 2.05) is 36.7 Å². The molecule has 0 bridgehead atoms. The topological polar surface area (TPSA) is 48.3 Å². The van der Waals surface area contributed by atoms with Gasteiger partial charge in [0.25, 0.3) is 0 Å². The van der Waals surface area contributed by atoms with Crippen LogP contribution in [0.2, 0.25) is 0 Å². The zero-order valence-corrected chi connectivity index (χ0v) is 11.5. The van der Waals surface area contributed by atoms with E-state index < -0.39 is 0 Å². The Morgan fingerprint density at radius 1 is 1.21 bits per heavy atom. The van der Waals surface area contributed by atoms with Crippen molar-refractivity contribution in [3.63, 3.8) is 0 Å². The van der Waals surface area contributed by atoms with E-state index in [1.165, 1.54) is 18.4 Å². The molecule has 0 amide bonds. The third-order valence-corrected chi connectivity index (χ3v) is 3.84. The molecule has 2 heterocycles. The van der Waals surface area contributed by atoms with Crippen molar-refractivity contribution in [2.45, 2.75) is 19.4 Å². The van der Waals surface area contributed by atoms with Gasteiger partial charge in [0, 0.05) is 23.7 Å². The highest BCUT2D eigenvalue weighted by Gasteiger charge is 2.12. The van der Waals surface area contributed by atoms with Gasteiger partial charge in [0.1, 0.15) is 0 Å². The number of Topliss-reactive ketones (excluding diaryl/α,β-unsaturated/α-hetero) is 1. The summed E-state index contributed by atoms with van der Waals surface area (Å²) in [5, 5.41) is 0. The quantitative estimate of drug-likeness (QED) is 0.602. The molecule has 0 N–H and O–H groups in total. The molecule has 5 heteroatoms. The summed E-state index contributed by atoms with van der Waals surface area (Å²) in [6.07, 6.45) is 4.31. The number of rotatable bonds is 6. The van der Waals surface area contributed by atoms with Crippen molar-refractivity contribution in [3.8, 4) is 0 Å². The molecule has 0 aliphatic carbocycles. The molecule has 0 saturated heterocycles. The molecule has 0 aromatic carbocycles. The zero-order chi connectivity index (χ0) is 13.7. The largest absolute Gasteiger partial charge is 0.469 e. The molecule has 0 saturated carbocycles. The van der Waals surface area contributed by atoms with Crippen LogP contribution in [-0.4, -0.2) is 23.4 Å². The Bertz CT molecular complexity index is 557. The molecule has 0 aliphatic heterocycles. The number of thiophene rings is 1. The van der Waals surface area contributed by atoms with Crippen LogP contribution in [0.3, 0.4) is 0 Å². The minimum absolute atomic E-state index is 0.00541. The van der Waals surface area contributed by atoms with Crippen LogP contribution < -0.4 is 0 Å². The molecular weight excluding hydrogens is 262 g/mol. The van der Waals surface area contributed by atoms with Crippen LogP contribution in [0, 0.1) is 0 Å². The first-order valence-corrected chi connectivity index (χ1v) is 6.80. The van der Waals surface area contributed by atoms with E-state index in [2.05, 4.69) is 9.30 Å². The highest BCUT2D eigenvalue weighted by atomic mass is 32.1. The lowest BCUT2D eigenvalue weighted by Gasteiger charge is -1.99. The van der Waals surface area contributed by atoms with Crippen LogP contribution >= 0.6 is 11.3 Å². The Labute approximate surface area is 115 Å². The number of methoxy groups -OCH3 is 1. The van der Waals surface area contributed by atoms with E-state index in [4.69, 9.17) is 0 Å². The summed E-state index contributed by atoms with van der Waals surface area (Å²) in [5.41, 5.74) is 0. The van der Waals surface area contributed by atoms with Gasteiger partial charge in [-0.25, -0.2) is 0 Å². The monoisotopic (exact) mass is 277 g/mol. The number of ether oxygens (including phenoxy) is 1. The van der Waals surface area contributed by atoms with Crippen molar-refractivity contribution in [1.29, 1.82) is 0 Å².